The predicted octanol–water partition coefficient (Wildman–Crippen LogP) is 1.75. The minimum Gasteiger partial charge on any atom is -0.393 e. The van der Waals surface area contributed by atoms with E-state index in [1.54, 1.807) is 0 Å². The van der Waals surface area contributed by atoms with Crippen molar-refractivity contribution in [2.24, 2.45) is 0 Å². The van der Waals surface area contributed by atoms with Crippen LogP contribution in [0.25, 0.3) is 0 Å². The fraction of sp³-hybridized carbons (Fsp3) is 0.176. The lowest BCUT2D eigenvalue weighted by Gasteiger charge is -2.15. The summed E-state index contributed by atoms with van der Waals surface area (Å²) in [5.74, 6) is -2.32. The summed E-state index contributed by atoms with van der Waals surface area (Å²) in [5, 5.41) is 15.9. The van der Waals surface area contributed by atoms with Gasteiger partial charge in [-0.1, -0.05) is 30.3 Å². The minimum absolute atomic E-state index is 0.271. The maximum Gasteiger partial charge on any atom is 0.295 e. The van der Waals surface area contributed by atoms with Crippen LogP contribution in [0.4, 0.5) is 15.8 Å². The van der Waals surface area contributed by atoms with E-state index in [9.17, 15) is 24.1 Å². The molecule has 136 valence electrons. The number of carbonyl (C=O) groups excluding carboxylic acids is 2. The van der Waals surface area contributed by atoms with Crippen molar-refractivity contribution >= 4 is 23.2 Å². The van der Waals surface area contributed by atoms with Gasteiger partial charge in [-0.3, -0.25) is 19.7 Å². The van der Waals surface area contributed by atoms with Gasteiger partial charge in [0.15, 0.2) is 0 Å². The van der Waals surface area contributed by atoms with Crippen LogP contribution < -0.4 is 16.4 Å². The van der Waals surface area contributed by atoms with Crippen molar-refractivity contribution in [1.82, 2.24) is 10.6 Å². The van der Waals surface area contributed by atoms with Crippen molar-refractivity contribution in [2.45, 2.75) is 19.5 Å². The summed E-state index contributed by atoms with van der Waals surface area (Å²) in [6, 6.07) is 9.61. The monoisotopic (exact) mass is 360 g/mol. The summed E-state index contributed by atoms with van der Waals surface area (Å²) >= 11 is 0. The first-order valence-electron chi connectivity index (χ1n) is 7.65. The highest BCUT2D eigenvalue weighted by atomic mass is 19.1. The predicted molar refractivity (Wildman–Crippen MR) is 92.7 cm³/mol. The Hall–Kier alpha value is -3.49. The number of nitrogens with one attached hydrogen (secondary N) is 2. The normalized spacial score (nSPS) is 11.5. The molecule has 1 atom stereocenters. The summed E-state index contributed by atoms with van der Waals surface area (Å²) in [6.45, 7) is 1.70. The van der Waals surface area contributed by atoms with E-state index in [-0.39, 0.29) is 6.54 Å². The lowest BCUT2D eigenvalue weighted by atomic mass is 10.1. The van der Waals surface area contributed by atoms with Crippen LogP contribution in [0.3, 0.4) is 0 Å². The van der Waals surface area contributed by atoms with E-state index in [0.29, 0.717) is 6.07 Å². The first kappa shape index (κ1) is 18.8. The Morgan fingerprint density at radius 3 is 2.54 bits per heavy atom. The highest BCUT2D eigenvalue weighted by Gasteiger charge is 2.24. The maximum absolute atomic E-state index is 13.5. The van der Waals surface area contributed by atoms with Gasteiger partial charge in [-0.25, -0.2) is 4.39 Å². The van der Waals surface area contributed by atoms with Gasteiger partial charge in [-0.05, 0) is 18.6 Å². The highest BCUT2D eigenvalue weighted by Crippen LogP contribution is 2.26. The van der Waals surface area contributed by atoms with Gasteiger partial charge in [0, 0.05) is 6.54 Å². The van der Waals surface area contributed by atoms with E-state index in [2.05, 4.69) is 10.6 Å². The summed E-state index contributed by atoms with van der Waals surface area (Å²) in [5.41, 5.74) is 4.87. The van der Waals surface area contributed by atoms with E-state index < -0.39 is 45.5 Å². The molecule has 9 heteroatoms. The van der Waals surface area contributed by atoms with Crippen LogP contribution in [0.5, 0.6) is 0 Å². The number of carbonyl (C=O) groups is 2. The van der Waals surface area contributed by atoms with E-state index in [4.69, 9.17) is 5.73 Å². The number of rotatable bonds is 6. The SMILES string of the molecule is CC(NC(=O)c1cc(F)cc([N+](=O)[O-])c1N)C(=O)NCc1ccccc1. The summed E-state index contributed by atoms with van der Waals surface area (Å²) < 4.78 is 13.5. The number of amides is 2. The van der Waals surface area contributed by atoms with Gasteiger partial charge in [-0.15, -0.1) is 0 Å². The smallest absolute Gasteiger partial charge is 0.295 e. The molecule has 0 radical (unpaired) electrons. The van der Waals surface area contributed by atoms with Gasteiger partial charge in [-0.2, -0.15) is 0 Å². The second-order valence-corrected chi connectivity index (χ2v) is 5.54. The standard InChI is InChI=1S/C17H17FN4O4/c1-10(16(23)20-9-11-5-3-2-4-6-11)21-17(24)13-7-12(18)8-14(15(13)19)22(25)26/h2-8,10H,9,19H2,1H3,(H,20,23)(H,21,24). The zero-order valence-electron chi connectivity index (χ0n) is 13.9. The molecule has 0 spiro atoms. The fourth-order valence-corrected chi connectivity index (χ4v) is 2.22. The number of hydrogen-bond acceptors (Lipinski definition) is 5. The Bertz CT molecular complexity index is 842. The summed E-state index contributed by atoms with van der Waals surface area (Å²) in [4.78, 5) is 34.3. The van der Waals surface area contributed by atoms with Gasteiger partial charge in [0.2, 0.25) is 5.91 Å². The number of nitrogens with zero attached hydrogens (tertiary/aromatic N) is 1. The zero-order chi connectivity index (χ0) is 19.3. The van der Waals surface area contributed by atoms with Crippen molar-refractivity contribution in [3.05, 3.63) is 69.5 Å². The molecule has 0 saturated carbocycles. The lowest BCUT2D eigenvalue weighted by molar-refractivity contribution is -0.384. The molecular weight excluding hydrogens is 343 g/mol. The van der Waals surface area contributed by atoms with Gasteiger partial charge >= 0.3 is 0 Å². The third-order valence-electron chi connectivity index (χ3n) is 3.61. The average Bonchev–Trinajstić information content (AvgIpc) is 2.61. The lowest BCUT2D eigenvalue weighted by Crippen LogP contribution is -2.44. The van der Waals surface area contributed by atoms with Crippen LogP contribution in [0.15, 0.2) is 42.5 Å². The van der Waals surface area contributed by atoms with Crippen molar-refractivity contribution in [1.29, 1.82) is 0 Å². The molecule has 8 nitrogen and oxygen atoms in total. The van der Waals surface area contributed by atoms with Crippen LogP contribution >= 0.6 is 0 Å². The molecule has 2 rings (SSSR count). The molecule has 0 aliphatic carbocycles. The first-order chi connectivity index (χ1) is 12.3. The molecule has 26 heavy (non-hydrogen) atoms. The third-order valence-corrected chi connectivity index (χ3v) is 3.61. The molecule has 0 aromatic heterocycles. The third kappa shape index (κ3) is 4.53. The van der Waals surface area contributed by atoms with E-state index >= 15 is 0 Å². The number of nitrogen functional groups attached to an aromatic ring is 1. The summed E-state index contributed by atoms with van der Waals surface area (Å²) in [6.07, 6.45) is 0. The number of halogens is 1. The Kier molecular flexibility index (Phi) is 5.84. The molecule has 1 unspecified atom stereocenters. The molecular formula is C17H17FN4O4. The van der Waals surface area contributed by atoms with Crippen molar-refractivity contribution in [2.75, 3.05) is 5.73 Å². The van der Waals surface area contributed by atoms with Crippen molar-refractivity contribution < 1.29 is 18.9 Å². The Morgan fingerprint density at radius 2 is 1.92 bits per heavy atom. The van der Waals surface area contributed by atoms with Crippen molar-refractivity contribution in [3.63, 3.8) is 0 Å². The number of nitro groups is 1. The largest absolute Gasteiger partial charge is 0.393 e. The molecule has 2 amide bonds. The molecule has 2 aromatic rings. The second kappa shape index (κ2) is 8.06. The van der Waals surface area contributed by atoms with Gasteiger partial charge in [0.05, 0.1) is 16.6 Å². The number of nitro benzene ring substituents is 1. The average molecular weight is 360 g/mol. The topological polar surface area (TPSA) is 127 Å². The number of benzene rings is 2. The second-order valence-electron chi connectivity index (χ2n) is 5.54. The van der Waals surface area contributed by atoms with E-state index in [1.807, 2.05) is 30.3 Å². The molecule has 4 N–H and O–H groups in total. The number of nitrogens with two attached hydrogens (primary N) is 1. The Morgan fingerprint density at radius 1 is 1.27 bits per heavy atom. The molecule has 0 bridgehead atoms. The Balaban J connectivity index is 2.04. The molecule has 0 aliphatic rings. The van der Waals surface area contributed by atoms with Gasteiger partial charge in [0.25, 0.3) is 11.6 Å². The van der Waals surface area contributed by atoms with Gasteiger partial charge in [0.1, 0.15) is 17.5 Å². The van der Waals surface area contributed by atoms with E-state index in [1.165, 1.54) is 6.92 Å². The van der Waals surface area contributed by atoms with Crippen LogP contribution in [-0.4, -0.2) is 22.8 Å². The van der Waals surface area contributed by atoms with Crippen LogP contribution in [0.2, 0.25) is 0 Å². The van der Waals surface area contributed by atoms with Crippen molar-refractivity contribution in [3.8, 4) is 0 Å². The quantitative estimate of drug-likeness (QED) is 0.411. The highest BCUT2D eigenvalue weighted by molar-refractivity contribution is 6.02. The molecule has 0 heterocycles. The van der Waals surface area contributed by atoms with Gasteiger partial charge < -0.3 is 16.4 Å². The molecule has 2 aromatic carbocycles. The fourth-order valence-electron chi connectivity index (χ4n) is 2.22. The molecule has 0 aliphatic heterocycles. The van der Waals surface area contributed by atoms with Crippen LogP contribution in [0.1, 0.15) is 22.8 Å². The van der Waals surface area contributed by atoms with Crippen LogP contribution in [-0.2, 0) is 11.3 Å². The van der Waals surface area contributed by atoms with E-state index in [0.717, 1.165) is 11.6 Å². The summed E-state index contributed by atoms with van der Waals surface area (Å²) in [7, 11) is 0. The molecule has 0 saturated heterocycles. The molecule has 0 fully saturated rings. The number of anilines is 1. The first-order valence-corrected chi connectivity index (χ1v) is 7.65. The maximum atomic E-state index is 13.5. The van der Waals surface area contributed by atoms with Crippen LogP contribution in [0, 0.1) is 15.9 Å². The zero-order valence-corrected chi connectivity index (χ0v) is 13.9. The number of hydrogen-bond donors (Lipinski definition) is 3. The Labute approximate surface area is 148 Å². The minimum atomic E-state index is -0.975.